The molecule has 0 radical (unpaired) electrons. The molecule has 6 heteroatoms. The van der Waals surface area contributed by atoms with Crippen molar-refractivity contribution in [1.29, 1.82) is 0 Å². The molecule has 0 fully saturated rings. The maximum Gasteiger partial charge on any atom is 0.416 e. The normalized spacial score (nSPS) is 13.5. The molecule has 0 amide bonds. The first-order valence-corrected chi connectivity index (χ1v) is 11.3. The van der Waals surface area contributed by atoms with Gasteiger partial charge in [0.1, 0.15) is 17.9 Å². The molecule has 4 rings (SSSR count). The zero-order valence-corrected chi connectivity index (χ0v) is 18.2. The van der Waals surface area contributed by atoms with Crippen LogP contribution in [0.25, 0.3) is 11.0 Å². The summed E-state index contributed by atoms with van der Waals surface area (Å²) >= 11 is 0. The molecule has 0 unspecified atom stereocenters. The number of hydrogen-bond acceptors (Lipinski definition) is 3. The molecule has 0 bridgehead atoms. The van der Waals surface area contributed by atoms with E-state index in [0.717, 1.165) is 85.6 Å². The molecule has 0 saturated carbocycles. The first-order chi connectivity index (χ1) is 15.4. The van der Waals surface area contributed by atoms with E-state index in [4.69, 9.17) is 9.15 Å². The van der Waals surface area contributed by atoms with Gasteiger partial charge in [0.25, 0.3) is 0 Å². The zero-order valence-electron chi connectivity index (χ0n) is 18.2. The molecule has 32 heavy (non-hydrogen) atoms. The molecule has 0 N–H and O–H groups in total. The van der Waals surface area contributed by atoms with Gasteiger partial charge in [-0.1, -0.05) is 38.3 Å². The van der Waals surface area contributed by atoms with Gasteiger partial charge in [-0.3, -0.25) is 0 Å². The number of fused-ring (bicyclic) bond motifs is 3. The van der Waals surface area contributed by atoms with E-state index in [2.05, 4.69) is 13.0 Å². The minimum Gasteiger partial charge on any atom is -0.488 e. The minimum atomic E-state index is -4.40. The van der Waals surface area contributed by atoms with Crippen LogP contribution in [-0.2, 0) is 32.0 Å². The van der Waals surface area contributed by atoms with Gasteiger partial charge in [-0.25, -0.2) is 4.79 Å². The predicted molar refractivity (Wildman–Crippen MR) is 118 cm³/mol. The van der Waals surface area contributed by atoms with Gasteiger partial charge in [-0.2, -0.15) is 13.2 Å². The molecule has 0 atom stereocenters. The van der Waals surface area contributed by atoms with Crippen molar-refractivity contribution < 1.29 is 22.3 Å². The maximum absolute atomic E-state index is 13.0. The lowest BCUT2D eigenvalue weighted by Crippen LogP contribution is -2.08. The highest BCUT2D eigenvalue weighted by Crippen LogP contribution is 2.34. The summed E-state index contributed by atoms with van der Waals surface area (Å²) < 4.78 is 50.7. The smallest absolute Gasteiger partial charge is 0.416 e. The molecule has 1 aliphatic carbocycles. The number of alkyl halides is 3. The number of rotatable bonds is 8. The monoisotopic (exact) mass is 444 g/mol. The molecule has 2 aromatic carbocycles. The van der Waals surface area contributed by atoms with Crippen molar-refractivity contribution in [2.45, 2.75) is 71.1 Å². The second-order valence-electron chi connectivity index (χ2n) is 8.45. The van der Waals surface area contributed by atoms with E-state index in [9.17, 15) is 18.0 Å². The van der Waals surface area contributed by atoms with E-state index in [-0.39, 0.29) is 12.2 Å². The number of benzene rings is 2. The summed E-state index contributed by atoms with van der Waals surface area (Å²) in [5.41, 5.74) is 2.76. The van der Waals surface area contributed by atoms with Crippen LogP contribution in [0.4, 0.5) is 13.2 Å². The summed E-state index contributed by atoms with van der Waals surface area (Å²) in [6, 6.07) is 8.94. The van der Waals surface area contributed by atoms with E-state index in [1.165, 1.54) is 6.07 Å². The highest BCUT2D eigenvalue weighted by atomic mass is 19.4. The van der Waals surface area contributed by atoms with Crippen LogP contribution in [0.2, 0.25) is 0 Å². The van der Waals surface area contributed by atoms with Gasteiger partial charge >= 0.3 is 11.8 Å². The topological polar surface area (TPSA) is 39.4 Å². The number of aryl methyl sites for hydroxylation is 2. The van der Waals surface area contributed by atoms with E-state index in [1.54, 1.807) is 12.1 Å². The third kappa shape index (κ3) is 4.84. The third-order valence-electron chi connectivity index (χ3n) is 6.10. The average Bonchev–Trinajstić information content (AvgIpc) is 3.26. The van der Waals surface area contributed by atoms with Gasteiger partial charge in [0.05, 0.1) is 5.56 Å². The largest absolute Gasteiger partial charge is 0.488 e. The number of halogens is 3. The quantitative estimate of drug-likeness (QED) is 0.277. The summed E-state index contributed by atoms with van der Waals surface area (Å²) in [5, 5.41) is 0.953. The second-order valence-corrected chi connectivity index (χ2v) is 8.45. The summed E-state index contributed by atoms with van der Waals surface area (Å²) in [7, 11) is 0. The van der Waals surface area contributed by atoms with Crippen molar-refractivity contribution in [3.8, 4) is 5.75 Å². The Bertz CT molecular complexity index is 1160. The van der Waals surface area contributed by atoms with Crippen LogP contribution in [0.3, 0.4) is 0 Å². The van der Waals surface area contributed by atoms with Crippen molar-refractivity contribution in [2.75, 3.05) is 0 Å². The fourth-order valence-corrected chi connectivity index (χ4v) is 4.42. The fourth-order valence-electron chi connectivity index (χ4n) is 4.42. The fraction of sp³-hybridized carbons (Fsp3) is 0.423. The first kappa shape index (κ1) is 22.4. The average molecular weight is 444 g/mol. The van der Waals surface area contributed by atoms with Gasteiger partial charge in [0.2, 0.25) is 0 Å². The summed E-state index contributed by atoms with van der Waals surface area (Å²) in [5.74, 6) is 0.563. The zero-order chi connectivity index (χ0) is 22.7. The van der Waals surface area contributed by atoms with Crippen molar-refractivity contribution in [1.82, 2.24) is 0 Å². The van der Waals surface area contributed by atoms with Crippen molar-refractivity contribution in [3.63, 3.8) is 0 Å². The molecule has 170 valence electrons. The lowest BCUT2D eigenvalue weighted by atomic mass is 10.00. The van der Waals surface area contributed by atoms with Gasteiger partial charge in [0.15, 0.2) is 0 Å². The lowest BCUT2D eigenvalue weighted by molar-refractivity contribution is -0.137. The van der Waals surface area contributed by atoms with Crippen LogP contribution in [-0.4, -0.2) is 0 Å². The number of hydrogen-bond donors (Lipinski definition) is 0. The van der Waals surface area contributed by atoms with E-state index < -0.39 is 11.7 Å². The van der Waals surface area contributed by atoms with Crippen molar-refractivity contribution >= 4 is 11.0 Å². The Morgan fingerprint density at radius 2 is 1.84 bits per heavy atom. The Morgan fingerprint density at radius 3 is 2.62 bits per heavy atom. The summed E-state index contributed by atoms with van der Waals surface area (Å²) in [4.78, 5) is 12.4. The van der Waals surface area contributed by atoms with Gasteiger partial charge < -0.3 is 9.15 Å². The molecule has 3 nitrogen and oxygen atoms in total. The van der Waals surface area contributed by atoms with Crippen molar-refractivity contribution in [3.05, 3.63) is 74.6 Å². The molecule has 0 saturated heterocycles. The molecule has 0 spiro atoms. The molecule has 0 aliphatic heterocycles. The predicted octanol–water partition coefficient (Wildman–Crippen LogP) is 7.00. The SMILES string of the molecule is CCCCCCc1cc2c3c(c(=O)oc2cc1OCc1cccc(C(F)(F)F)c1)CCC3. The van der Waals surface area contributed by atoms with Gasteiger partial charge in [-0.15, -0.1) is 0 Å². The maximum atomic E-state index is 13.0. The molecular weight excluding hydrogens is 417 g/mol. The second kappa shape index (κ2) is 9.39. The number of ether oxygens (including phenoxy) is 1. The van der Waals surface area contributed by atoms with Crippen LogP contribution >= 0.6 is 0 Å². The third-order valence-corrected chi connectivity index (χ3v) is 6.10. The lowest BCUT2D eigenvalue weighted by Gasteiger charge is -2.15. The Kier molecular flexibility index (Phi) is 6.58. The molecule has 1 heterocycles. The van der Waals surface area contributed by atoms with Gasteiger partial charge in [0, 0.05) is 17.0 Å². The highest BCUT2D eigenvalue weighted by molar-refractivity contribution is 5.84. The van der Waals surface area contributed by atoms with Crippen LogP contribution in [0.1, 0.15) is 66.8 Å². The Labute approximate surface area is 185 Å². The van der Waals surface area contributed by atoms with Crippen LogP contribution in [0.5, 0.6) is 5.75 Å². The van der Waals surface area contributed by atoms with E-state index in [0.29, 0.717) is 16.9 Å². The summed E-state index contributed by atoms with van der Waals surface area (Å²) in [6.45, 7) is 2.16. The first-order valence-electron chi connectivity index (χ1n) is 11.3. The minimum absolute atomic E-state index is 0.00651. The van der Waals surface area contributed by atoms with Gasteiger partial charge in [-0.05, 0) is 67.0 Å². The molecule has 1 aromatic heterocycles. The molecule has 1 aliphatic rings. The van der Waals surface area contributed by atoms with Crippen LogP contribution < -0.4 is 10.4 Å². The molecule has 3 aromatic rings. The van der Waals surface area contributed by atoms with E-state index >= 15 is 0 Å². The Balaban J connectivity index is 1.65. The van der Waals surface area contributed by atoms with Crippen LogP contribution in [0, 0.1) is 0 Å². The standard InChI is InChI=1S/C26H27F3O3/c1-2-3-4-5-9-18-14-22-20-11-7-12-21(20)25(30)32-24(22)15-23(18)31-16-17-8-6-10-19(13-17)26(27,28)29/h6,8,10,13-15H,2-5,7,9,11-12,16H2,1H3. The summed E-state index contributed by atoms with van der Waals surface area (Å²) in [6.07, 6.45) is 3.34. The van der Waals surface area contributed by atoms with E-state index in [1.807, 2.05) is 0 Å². The Morgan fingerprint density at radius 1 is 1.03 bits per heavy atom. The number of unbranched alkanes of at least 4 members (excludes halogenated alkanes) is 3. The highest BCUT2D eigenvalue weighted by Gasteiger charge is 2.30. The molecular formula is C26H27F3O3. The van der Waals surface area contributed by atoms with Crippen molar-refractivity contribution in [2.24, 2.45) is 0 Å². The van der Waals surface area contributed by atoms with Crippen LogP contribution in [0.15, 0.2) is 45.6 Å². The Hall–Kier alpha value is -2.76.